The molecule has 1 atom stereocenters. The standard InChI is InChI=1S/C15H17N3O3S/c1-8-2-3-11-9(4-8)5-12(22-11)14(20)16-6-10-7-17-15(21)18-13(10)19/h5,7-8H,2-4,6H2,1H3,(H,16,20)(H2,17,18,19,21)/t8-/m0/s1. The van der Waals surface area contributed by atoms with Crippen LogP contribution in [0, 0.1) is 5.92 Å². The molecule has 0 aromatic carbocycles. The summed E-state index contributed by atoms with van der Waals surface area (Å²) in [4.78, 5) is 41.2. The molecule has 1 aliphatic rings. The molecule has 0 bridgehead atoms. The summed E-state index contributed by atoms with van der Waals surface area (Å²) in [7, 11) is 0. The minimum absolute atomic E-state index is 0.0872. The zero-order valence-electron chi connectivity index (χ0n) is 12.2. The van der Waals surface area contributed by atoms with Crippen molar-refractivity contribution in [2.45, 2.75) is 32.7 Å². The van der Waals surface area contributed by atoms with Crippen molar-refractivity contribution in [3.63, 3.8) is 0 Å². The smallest absolute Gasteiger partial charge is 0.325 e. The number of aryl methyl sites for hydroxylation is 1. The van der Waals surface area contributed by atoms with E-state index in [9.17, 15) is 14.4 Å². The van der Waals surface area contributed by atoms with Gasteiger partial charge in [0, 0.05) is 11.1 Å². The second kappa shape index (κ2) is 5.92. The number of aromatic nitrogens is 2. The first-order chi connectivity index (χ1) is 10.5. The Kier molecular flexibility index (Phi) is 3.98. The van der Waals surface area contributed by atoms with Crippen molar-refractivity contribution in [2.75, 3.05) is 0 Å². The summed E-state index contributed by atoms with van der Waals surface area (Å²) in [6.07, 6.45) is 4.55. The van der Waals surface area contributed by atoms with Crippen LogP contribution in [0.5, 0.6) is 0 Å². The summed E-state index contributed by atoms with van der Waals surface area (Å²) in [5.41, 5.74) is 0.558. The van der Waals surface area contributed by atoms with Gasteiger partial charge >= 0.3 is 5.69 Å². The lowest BCUT2D eigenvalue weighted by molar-refractivity contribution is 0.0954. The zero-order valence-corrected chi connectivity index (χ0v) is 13.0. The van der Waals surface area contributed by atoms with Gasteiger partial charge in [0.1, 0.15) is 0 Å². The molecule has 6 nitrogen and oxygen atoms in total. The Bertz CT molecular complexity index is 818. The maximum atomic E-state index is 12.2. The molecular formula is C15H17N3O3S. The Labute approximate surface area is 130 Å². The maximum Gasteiger partial charge on any atom is 0.325 e. The number of hydrogen-bond donors (Lipinski definition) is 3. The van der Waals surface area contributed by atoms with Crippen LogP contribution in [-0.2, 0) is 19.4 Å². The Balaban J connectivity index is 1.70. The van der Waals surface area contributed by atoms with Crippen LogP contribution < -0.4 is 16.6 Å². The summed E-state index contributed by atoms with van der Waals surface area (Å²) >= 11 is 1.53. The molecular weight excluding hydrogens is 302 g/mol. The molecule has 0 saturated carbocycles. The van der Waals surface area contributed by atoms with Gasteiger partial charge in [0.15, 0.2) is 0 Å². The van der Waals surface area contributed by atoms with Crippen LogP contribution in [0.25, 0.3) is 0 Å². The minimum Gasteiger partial charge on any atom is -0.347 e. The molecule has 116 valence electrons. The van der Waals surface area contributed by atoms with Gasteiger partial charge < -0.3 is 10.3 Å². The van der Waals surface area contributed by atoms with Crippen LogP contribution in [-0.4, -0.2) is 15.9 Å². The van der Waals surface area contributed by atoms with E-state index in [-0.39, 0.29) is 12.5 Å². The van der Waals surface area contributed by atoms with Crippen molar-refractivity contribution in [3.05, 3.63) is 54.0 Å². The average molecular weight is 319 g/mol. The van der Waals surface area contributed by atoms with E-state index in [1.54, 1.807) is 0 Å². The molecule has 2 aromatic rings. The summed E-state index contributed by atoms with van der Waals surface area (Å²) in [6, 6.07) is 1.96. The van der Waals surface area contributed by atoms with E-state index < -0.39 is 11.2 Å². The molecule has 2 aromatic heterocycles. The van der Waals surface area contributed by atoms with Crippen molar-refractivity contribution in [3.8, 4) is 0 Å². The predicted octanol–water partition coefficient (Wildman–Crippen LogP) is 1.18. The van der Waals surface area contributed by atoms with Gasteiger partial charge in [-0.3, -0.25) is 14.6 Å². The molecule has 1 aliphatic carbocycles. The van der Waals surface area contributed by atoms with Crippen LogP contribution in [0.4, 0.5) is 0 Å². The van der Waals surface area contributed by atoms with E-state index in [1.807, 2.05) is 6.07 Å². The van der Waals surface area contributed by atoms with E-state index >= 15 is 0 Å². The van der Waals surface area contributed by atoms with E-state index in [2.05, 4.69) is 22.2 Å². The highest BCUT2D eigenvalue weighted by Crippen LogP contribution is 2.32. The van der Waals surface area contributed by atoms with Crippen LogP contribution >= 0.6 is 11.3 Å². The van der Waals surface area contributed by atoms with Crippen LogP contribution in [0.2, 0.25) is 0 Å². The van der Waals surface area contributed by atoms with Gasteiger partial charge in [0.2, 0.25) is 0 Å². The van der Waals surface area contributed by atoms with Crippen molar-refractivity contribution in [1.29, 1.82) is 0 Å². The molecule has 7 heteroatoms. The number of H-pyrrole nitrogens is 2. The largest absolute Gasteiger partial charge is 0.347 e. The Morgan fingerprint density at radius 1 is 1.45 bits per heavy atom. The van der Waals surface area contributed by atoms with Gasteiger partial charge in [-0.25, -0.2) is 4.79 Å². The highest BCUT2D eigenvalue weighted by molar-refractivity contribution is 7.14. The van der Waals surface area contributed by atoms with Gasteiger partial charge in [-0.1, -0.05) is 6.92 Å². The molecule has 1 amide bonds. The van der Waals surface area contributed by atoms with Gasteiger partial charge in [-0.15, -0.1) is 11.3 Å². The van der Waals surface area contributed by atoms with Crippen molar-refractivity contribution < 1.29 is 4.79 Å². The molecule has 3 N–H and O–H groups in total. The monoisotopic (exact) mass is 319 g/mol. The summed E-state index contributed by atoms with van der Waals surface area (Å²) in [5, 5.41) is 2.73. The molecule has 0 unspecified atom stereocenters. The van der Waals surface area contributed by atoms with Gasteiger partial charge in [0.05, 0.1) is 17.0 Å². The van der Waals surface area contributed by atoms with Crippen LogP contribution in [0.1, 0.15) is 39.0 Å². The quantitative estimate of drug-likeness (QED) is 0.793. The highest BCUT2D eigenvalue weighted by atomic mass is 32.1. The van der Waals surface area contributed by atoms with Gasteiger partial charge in [-0.2, -0.15) is 0 Å². The molecule has 2 heterocycles. The summed E-state index contributed by atoms with van der Waals surface area (Å²) < 4.78 is 0. The van der Waals surface area contributed by atoms with Crippen LogP contribution in [0.15, 0.2) is 21.9 Å². The first-order valence-electron chi connectivity index (χ1n) is 7.23. The normalized spacial score (nSPS) is 17.0. The third-order valence-corrected chi connectivity index (χ3v) is 5.12. The van der Waals surface area contributed by atoms with E-state index in [0.29, 0.717) is 16.4 Å². The number of carbonyl (C=O) groups is 1. The summed E-state index contributed by atoms with van der Waals surface area (Å²) in [6.45, 7) is 2.31. The fraction of sp³-hybridized carbons (Fsp3) is 0.400. The maximum absolute atomic E-state index is 12.2. The lowest BCUT2D eigenvalue weighted by Crippen LogP contribution is -2.30. The Morgan fingerprint density at radius 2 is 2.27 bits per heavy atom. The van der Waals surface area contributed by atoms with E-state index in [1.165, 1.54) is 34.4 Å². The molecule has 0 radical (unpaired) electrons. The molecule has 3 rings (SSSR count). The fourth-order valence-corrected chi connectivity index (χ4v) is 3.77. The van der Waals surface area contributed by atoms with Gasteiger partial charge in [0.25, 0.3) is 11.5 Å². The average Bonchev–Trinajstić information content (AvgIpc) is 2.89. The number of aromatic amines is 2. The highest BCUT2D eigenvalue weighted by Gasteiger charge is 2.20. The van der Waals surface area contributed by atoms with E-state index in [0.717, 1.165) is 12.8 Å². The Hall–Kier alpha value is -2.15. The number of thiophene rings is 1. The number of amides is 1. The number of hydrogen-bond acceptors (Lipinski definition) is 4. The number of nitrogens with one attached hydrogen (secondary N) is 3. The zero-order chi connectivity index (χ0) is 15.7. The predicted molar refractivity (Wildman–Crippen MR) is 84.4 cm³/mol. The Morgan fingerprint density at radius 3 is 3.05 bits per heavy atom. The third kappa shape index (κ3) is 3.04. The van der Waals surface area contributed by atoms with E-state index in [4.69, 9.17) is 0 Å². The minimum atomic E-state index is -0.555. The summed E-state index contributed by atoms with van der Waals surface area (Å²) in [5.74, 6) is 0.482. The van der Waals surface area contributed by atoms with Crippen molar-refractivity contribution in [2.24, 2.45) is 5.92 Å². The fourth-order valence-electron chi connectivity index (χ4n) is 2.65. The van der Waals surface area contributed by atoms with Crippen LogP contribution in [0.3, 0.4) is 0 Å². The number of carbonyl (C=O) groups excluding carboxylic acids is 1. The number of fused-ring (bicyclic) bond motifs is 1. The lowest BCUT2D eigenvalue weighted by Gasteiger charge is -2.16. The molecule has 0 aliphatic heterocycles. The topological polar surface area (TPSA) is 94.8 Å². The second-order valence-electron chi connectivity index (χ2n) is 5.69. The second-order valence-corrected chi connectivity index (χ2v) is 6.82. The first kappa shape index (κ1) is 14.8. The lowest BCUT2D eigenvalue weighted by atomic mass is 9.90. The SMILES string of the molecule is C[C@H]1CCc2sc(C(=O)NCc3c[nH]c(=O)[nH]c3=O)cc2C1. The van der Waals surface area contributed by atoms with Crippen molar-refractivity contribution >= 4 is 17.2 Å². The third-order valence-electron chi connectivity index (χ3n) is 3.89. The molecule has 22 heavy (non-hydrogen) atoms. The first-order valence-corrected chi connectivity index (χ1v) is 8.05. The molecule has 0 spiro atoms. The number of rotatable bonds is 3. The van der Waals surface area contributed by atoms with Crippen molar-refractivity contribution in [1.82, 2.24) is 15.3 Å². The van der Waals surface area contributed by atoms with Gasteiger partial charge in [-0.05, 0) is 36.8 Å². The molecule has 0 fully saturated rings. The molecule has 0 saturated heterocycles.